The fraction of sp³-hybridized carbons (Fsp3) is 0.714. The zero-order chi connectivity index (χ0) is 13.4. The molecule has 0 atom stereocenters. The molecule has 0 amide bonds. The molecule has 0 aromatic carbocycles. The maximum atomic E-state index is 11.8. The van der Waals surface area contributed by atoms with Crippen molar-refractivity contribution < 1.29 is 9.53 Å². The zero-order valence-electron chi connectivity index (χ0n) is 11.7. The summed E-state index contributed by atoms with van der Waals surface area (Å²) in [7, 11) is 0. The highest BCUT2D eigenvalue weighted by molar-refractivity contribution is 5.80. The van der Waals surface area contributed by atoms with Crippen molar-refractivity contribution in [3.05, 3.63) is 17.5 Å². The minimum atomic E-state index is 0.270. The number of nitrogens with zero attached hydrogens (tertiary/aromatic N) is 2. The van der Waals surface area contributed by atoms with E-state index in [4.69, 9.17) is 4.74 Å². The van der Waals surface area contributed by atoms with Crippen LogP contribution in [0.3, 0.4) is 0 Å². The van der Waals surface area contributed by atoms with Gasteiger partial charge >= 0.3 is 0 Å². The van der Waals surface area contributed by atoms with E-state index < -0.39 is 0 Å². The number of carbonyl (C=O) groups is 1. The highest BCUT2D eigenvalue weighted by Gasteiger charge is 2.10. The number of carbonyl (C=O) groups excluding carboxylic acids is 1. The normalized spacial score (nSPS) is 10.8. The SMILES string of the molecule is CCOCCCC(=O)Cc1cc(CC)nn1CC. The van der Waals surface area contributed by atoms with Crippen molar-refractivity contribution in [1.29, 1.82) is 0 Å². The molecule has 0 aliphatic rings. The average molecular weight is 252 g/mol. The first-order chi connectivity index (χ1) is 8.71. The molecule has 1 rings (SSSR count). The third-order valence-corrected chi connectivity index (χ3v) is 2.90. The van der Waals surface area contributed by atoms with Crippen LogP contribution in [-0.2, 0) is 28.9 Å². The number of ketones is 1. The summed E-state index contributed by atoms with van der Waals surface area (Å²) in [6.45, 7) is 8.31. The Morgan fingerprint density at radius 3 is 2.78 bits per heavy atom. The minimum absolute atomic E-state index is 0.270. The van der Waals surface area contributed by atoms with Crippen molar-refractivity contribution >= 4 is 5.78 Å². The van der Waals surface area contributed by atoms with E-state index in [9.17, 15) is 4.79 Å². The molecule has 4 nitrogen and oxygen atoms in total. The van der Waals surface area contributed by atoms with E-state index >= 15 is 0 Å². The average Bonchev–Trinajstić information content (AvgIpc) is 2.77. The molecule has 0 saturated heterocycles. The van der Waals surface area contributed by atoms with Gasteiger partial charge in [0.05, 0.1) is 5.69 Å². The quantitative estimate of drug-likeness (QED) is 0.634. The molecular formula is C14H24N2O2. The molecule has 102 valence electrons. The Hall–Kier alpha value is -1.16. The molecule has 4 heteroatoms. The Kier molecular flexibility index (Phi) is 6.65. The van der Waals surface area contributed by atoms with E-state index in [1.807, 2.05) is 17.7 Å². The van der Waals surface area contributed by atoms with Crippen LogP contribution in [0.25, 0.3) is 0 Å². The fourth-order valence-corrected chi connectivity index (χ4v) is 1.91. The van der Waals surface area contributed by atoms with Crippen molar-refractivity contribution in [1.82, 2.24) is 9.78 Å². The van der Waals surface area contributed by atoms with E-state index in [2.05, 4.69) is 18.9 Å². The molecule has 0 fully saturated rings. The highest BCUT2D eigenvalue weighted by Crippen LogP contribution is 2.08. The molecule has 0 bridgehead atoms. The Morgan fingerprint density at radius 1 is 1.39 bits per heavy atom. The number of aromatic nitrogens is 2. The summed E-state index contributed by atoms with van der Waals surface area (Å²) < 4.78 is 7.16. The highest BCUT2D eigenvalue weighted by atomic mass is 16.5. The van der Waals surface area contributed by atoms with Crippen LogP contribution >= 0.6 is 0 Å². The lowest BCUT2D eigenvalue weighted by Crippen LogP contribution is -2.10. The van der Waals surface area contributed by atoms with Gasteiger partial charge in [0, 0.05) is 38.3 Å². The van der Waals surface area contributed by atoms with Crippen LogP contribution in [0, 0.1) is 0 Å². The third-order valence-electron chi connectivity index (χ3n) is 2.90. The predicted molar refractivity (Wildman–Crippen MR) is 71.7 cm³/mol. The zero-order valence-corrected chi connectivity index (χ0v) is 11.7. The van der Waals surface area contributed by atoms with Gasteiger partial charge in [0.2, 0.25) is 0 Å². The molecule has 18 heavy (non-hydrogen) atoms. The molecule has 0 aliphatic carbocycles. The van der Waals surface area contributed by atoms with Crippen LogP contribution < -0.4 is 0 Å². The number of Topliss-reactive ketones (excluding diaryl/α,β-unsaturated/α-hetero) is 1. The van der Waals surface area contributed by atoms with E-state index in [1.165, 1.54) is 0 Å². The first kappa shape index (κ1) is 14.9. The molecule has 1 aromatic rings. The first-order valence-corrected chi connectivity index (χ1v) is 6.86. The van der Waals surface area contributed by atoms with Gasteiger partial charge in [-0.3, -0.25) is 9.48 Å². The minimum Gasteiger partial charge on any atom is -0.382 e. The van der Waals surface area contributed by atoms with Gasteiger partial charge < -0.3 is 4.74 Å². The summed E-state index contributed by atoms with van der Waals surface area (Å²) in [5, 5.41) is 4.45. The standard InChI is InChI=1S/C14H24N2O2/c1-4-12-10-13(16(5-2)15-12)11-14(17)8-7-9-18-6-3/h10H,4-9,11H2,1-3H3. The smallest absolute Gasteiger partial charge is 0.138 e. The van der Waals surface area contributed by atoms with Gasteiger partial charge in [0.15, 0.2) is 0 Å². The van der Waals surface area contributed by atoms with Crippen LogP contribution in [0.1, 0.15) is 45.0 Å². The lowest BCUT2D eigenvalue weighted by Gasteiger charge is -2.04. The maximum absolute atomic E-state index is 11.8. The molecule has 0 saturated carbocycles. The topological polar surface area (TPSA) is 44.1 Å². The Bertz CT molecular complexity index is 372. The van der Waals surface area contributed by atoms with Gasteiger partial charge in [0.25, 0.3) is 0 Å². The monoisotopic (exact) mass is 252 g/mol. The Labute approximate surface area is 109 Å². The van der Waals surface area contributed by atoms with E-state index in [1.54, 1.807) is 0 Å². The second-order valence-corrected chi connectivity index (χ2v) is 4.31. The van der Waals surface area contributed by atoms with E-state index in [0.717, 1.165) is 37.4 Å². The van der Waals surface area contributed by atoms with E-state index in [0.29, 0.717) is 19.4 Å². The fourth-order valence-electron chi connectivity index (χ4n) is 1.91. The maximum Gasteiger partial charge on any atom is 0.138 e. The number of rotatable bonds is 9. The second kappa shape index (κ2) is 8.03. The van der Waals surface area contributed by atoms with Crippen molar-refractivity contribution in [2.45, 2.75) is 53.0 Å². The number of hydrogen-bond donors (Lipinski definition) is 0. The molecule has 0 radical (unpaired) electrons. The molecule has 0 unspecified atom stereocenters. The Morgan fingerprint density at radius 2 is 2.17 bits per heavy atom. The Balaban J connectivity index is 2.45. The molecule has 0 spiro atoms. The van der Waals surface area contributed by atoms with Crippen LogP contribution in [0.2, 0.25) is 0 Å². The number of aryl methyl sites for hydroxylation is 2. The van der Waals surface area contributed by atoms with Crippen molar-refractivity contribution in [2.75, 3.05) is 13.2 Å². The number of hydrogen-bond acceptors (Lipinski definition) is 3. The molecular weight excluding hydrogens is 228 g/mol. The van der Waals surface area contributed by atoms with Gasteiger partial charge in [-0.05, 0) is 32.8 Å². The lowest BCUT2D eigenvalue weighted by atomic mass is 10.1. The van der Waals surface area contributed by atoms with Crippen molar-refractivity contribution in [3.8, 4) is 0 Å². The molecule has 1 aromatic heterocycles. The van der Waals surface area contributed by atoms with Gasteiger partial charge in [0.1, 0.15) is 5.78 Å². The van der Waals surface area contributed by atoms with Crippen molar-refractivity contribution in [3.63, 3.8) is 0 Å². The lowest BCUT2D eigenvalue weighted by molar-refractivity contribution is -0.118. The van der Waals surface area contributed by atoms with Crippen LogP contribution in [0.5, 0.6) is 0 Å². The second-order valence-electron chi connectivity index (χ2n) is 4.31. The van der Waals surface area contributed by atoms with Crippen LogP contribution in [-0.4, -0.2) is 28.8 Å². The largest absolute Gasteiger partial charge is 0.382 e. The first-order valence-electron chi connectivity index (χ1n) is 6.86. The summed E-state index contributed by atoms with van der Waals surface area (Å²) >= 11 is 0. The summed E-state index contributed by atoms with van der Waals surface area (Å²) in [6, 6.07) is 2.05. The van der Waals surface area contributed by atoms with Gasteiger partial charge in [-0.2, -0.15) is 5.10 Å². The van der Waals surface area contributed by atoms with Gasteiger partial charge in [-0.25, -0.2) is 0 Å². The van der Waals surface area contributed by atoms with Gasteiger partial charge in [-0.15, -0.1) is 0 Å². The van der Waals surface area contributed by atoms with Crippen molar-refractivity contribution in [2.24, 2.45) is 0 Å². The van der Waals surface area contributed by atoms with Crippen LogP contribution in [0.4, 0.5) is 0 Å². The summed E-state index contributed by atoms with van der Waals surface area (Å²) in [4.78, 5) is 11.8. The number of ether oxygens (including phenoxy) is 1. The third kappa shape index (κ3) is 4.61. The summed E-state index contributed by atoms with van der Waals surface area (Å²) in [5.74, 6) is 0.270. The summed E-state index contributed by atoms with van der Waals surface area (Å²) in [5.41, 5.74) is 2.10. The van der Waals surface area contributed by atoms with Crippen LogP contribution in [0.15, 0.2) is 6.07 Å². The van der Waals surface area contributed by atoms with Gasteiger partial charge in [-0.1, -0.05) is 6.92 Å². The molecule has 0 N–H and O–H groups in total. The molecule has 1 heterocycles. The predicted octanol–water partition coefficient (Wildman–Crippen LogP) is 2.39. The molecule has 0 aliphatic heterocycles. The summed E-state index contributed by atoms with van der Waals surface area (Å²) in [6.07, 6.45) is 2.81. The van der Waals surface area contributed by atoms with E-state index in [-0.39, 0.29) is 5.78 Å².